The van der Waals surface area contributed by atoms with Gasteiger partial charge in [0, 0.05) is 30.6 Å². The Morgan fingerprint density at radius 1 is 1.17 bits per heavy atom. The fourth-order valence-electron chi connectivity index (χ4n) is 3.40. The number of benzene rings is 1. The lowest BCUT2D eigenvalue weighted by Gasteiger charge is -2.33. The number of rotatable bonds is 1. The summed E-state index contributed by atoms with van der Waals surface area (Å²) in [5.74, 6) is 0. The minimum Gasteiger partial charge on any atom is -0.364 e. The third-order valence-corrected chi connectivity index (χ3v) is 4.42. The number of para-hydroxylation sites is 1. The zero-order chi connectivity index (χ0) is 12.1. The number of anilines is 1. The van der Waals surface area contributed by atoms with E-state index in [4.69, 9.17) is 0 Å². The van der Waals surface area contributed by atoms with Crippen LogP contribution in [0.15, 0.2) is 36.5 Å². The smallest absolute Gasteiger partial charge is 0.0703 e. The molecule has 18 heavy (non-hydrogen) atoms. The number of pyridine rings is 1. The second-order valence-electron chi connectivity index (χ2n) is 5.52. The van der Waals surface area contributed by atoms with Gasteiger partial charge in [-0.2, -0.15) is 0 Å². The van der Waals surface area contributed by atoms with Crippen LogP contribution in [0.3, 0.4) is 0 Å². The number of piperazine rings is 1. The molecule has 3 heteroatoms. The Morgan fingerprint density at radius 3 is 2.83 bits per heavy atom. The second-order valence-corrected chi connectivity index (χ2v) is 5.52. The van der Waals surface area contributed by atoms with Crippen LogP contribution in [0.1, 0.15) is 6.42 Å². The second kappa shape index (κ2) is 3.69. The quantitative estimate of drug-likeness (QED) is 0.760. The van der Waals surface area contributed by atoms with E-state index in [-0.39, 0.29) is 0 Å². The number of hydrogen-bond donors (Lipinski definition) is 0. The van der Waals surface area contributed by atoms with Crippen LogP contribution < -0.4 is 4.90 Å². The third kappa shape index (κ3) is 1.44. The molecule has 0 unspecified atom stereocenters. The van der Waals surface area contributed by atoms with Gasteiger partial charge in [0.25, 0.3) is 0 Å². The monoisotopic (exact) mass is 239 g/mol. The van der Waals surface area contributed by atoms with Crippen molar-refractivity contribution in [2.75, 3.05) is 25.0 Å². The molecule has 2 bridgehead atoms. The summed E-state index contributed by atoms with van der Waals surface area (Å²) in [5.41, 5.74) is 2.37. The van der Waals surface area contributed by atoms with E-state index in [1.807, 2.05) is 12.3 Å². The Hall–Kier alpha value is -1.61. The molecule has 2 aliphatic rings. The molecule has 2 aliphatic heterocycles. The molecule has 2 fully saturated rings. The van der Waals surface area contributed by atoms with Crippen LogP contribution in [-0.2, 0) is 0 Å². The molecule has 0 N–H and O–H groups in total. The SMILES string of the molecule is CN1C[C@@H]2C[C@H]1CN2c1cnc2ccccc2c1. The van der Waals surface area contributed by atoms with Gasteiger partial charge in [-0.3, -0.25) is 9.88 Å². The van der Waals surface area contributed by atoms with E-state index in [2.05, 4.69) is 46.1 Å². The lowest BCUT2D eigenvalue weighted by molar-refractivity contribution is 0.292. The molecule has 0 aliphatic carbocycles. The molecule has 4 rings (SSSR count). The maximum Gasteiger partial charge on any atom is 0.0703 e. The summed E-state index contributed by atoms with van der Waals surface area (Å²) >= 11 is 0. The van der Waals surface area contributed by atoms with E-state index >= 15 is 0 Å². The Kier molecular flexibility index (Phi) is 2.12. The first kappa shape index (κ1) is 10.3. The van der Waals surface area contributed by atoms with Crippen LogP contribution in [0, 0.1) is 0 Å². The number of aromatic nitrogens is 1. The molecule has 0 amide bonds. The molecule has 2 aromatic rings. The van der Waals surface area contributed by atoms with Crippen LogP contribution in [0.25, 0.3) is 10.9 Å². The topological polar surface area (TPSA) is 19.4 Å². The van der Waals surface area contributed by atoms with Crippen molar-refractivity contribution in [3.8, 4) is 0 Å². The summed E-state index contributed by atoms with van der Waals surface area (Å²) in [6.07, 6.45) is 3.34. The largest absolute Gasteiger partial charge is 0.364 e. The van der Waals surface area contributed by atoms with Crippen LogP contribution in [-0.4, -0.2) is 42.1 Å². The van der Waals surface area contributed by atoms with E-state index in [0.29, 0.717) is 6.04 Å². The molecule has 1 aromatic heterocycles. The van der Waals surface area contributed by atoms with Gasteiger partial charge in [-0.15, -0.1) is 0 Å². The van der Waals surface area contributed by atoms with Crippen molar-refractivity contribution in [2.24, 2.45) is 0 Å². The van der Waals surface area contributed by atoms with Crippen LogP contribution in [0.4, 0.5) is 5.69 Å². The van der Waals surface area contributed by atoms with Gasteiger partial charge in [0.15, 0.2) is 0 Å². The molecule has 2 saturated heterocycles. The average Bonchev–Trinajstić information content (AvgIpc) is 2.97. The van der Waals surface area contributed by atoms with Crippen molar-refractivity contribution in [1.82, 2.24) is 9.88 Å². The molecule has 0 radical (unpaired) electrons. The Bertz CT molecular complexity index is 593. The van der Waals surface area contributed by atoms with E-state index in [9.17, 15) is 0 Å². The highest BCUT2D eigenvalue weighted by Crippen LogP contribution is 2.34. The fourth-order valence-corrected chi connectivity index (χ4v) is 3.40. The number of nitrogens with zero attached hydrogens (tertiary/aromatic N) is 3. The summed E-state index contributed by atoms with van der Waals surface area (Å²) in [6.45, 7) is 2.35. The van der Waals surface area contributed by atoms with Gasteiger partial charge in [-0.05, 0) is 25.6 Å². The van der Waals surface area contributed by atoms with Crippen molar-refractivity contribution in [3.05, 3.63) is 36.5 Å². The van der Waals surface area contributed by atoms with Crippen LogP contribution >= 0.6 is 0 Å². The van der Waals surface area contributed by atoms with Gasteiger partial charge in [0.05, 0.1) is 17.4 Å². The van der Waals surface area contributed by atoms with Crippen molar-refractivity contribution in [3.63, 3.8) is 0 Å². The average molecular weight is 239 g/mol. The number of likely N-dealkylation sites (N-methyl/N-ethyl adjacent to an activating group) is 1. The molecule has 3 heterocycles. The highest BCUT2D eigenvalue weighted by molar-refractivity contribution is 5.81. The van der Waals surface area contributed by atoms with Crippen molar-refractivity contribution >= 4 is 16.6 Å². The van der Waals surface area contributed by atoms with E-state index in [1.165, 1.54) is 24.0 Å². The highest BCUT2D eigenvalue weighted by atomic mass is 15.3. The summed E-state index contributed by atoms with van der Waals surface area (Å²) < 4.78 is 0. The zero-order valence-corrected chi connectivity index (χ0v) is 10.6. The molecule has 1 aromatic carbocycles. The standard InChI is InChI=1S/C15H17N3/c1-17-9-14-7-13(17)10-18(14)12-6-11-4-2-3-5-15(11)16-8-12/h2-6,8,13-14H,7,9-10H2,1H3/t13-,14-/m0/s1. The van der Waals surface area contributed by atoms with Crippen LogP contribution in [0.2, 0.25) is 0 Å². The first-order chi connectivity index (χ1) is 8.81. The van der Waals surface area contributed by atoms with Gasteiger partial charge in [-0.25, -0.2) is 0 Å². The lowest BCUT2D eigenvalue weighted by atomic mass is 10.2. The summed E-state index contributed by atoms with van der Waals surface area (Å²) in [5, 5.41) is 1.24. The highest BCUT2D eigenvalue weighted by Gasteiger charge is 2.41. The molecule has 0 saturated carbocycles. The normalized spacial score (nSPS) is 27.3. The van der Waals surface area contributed by atoms with Gasteiger partial charge in [0.2, 0.25) is 0 Å². The molecule has 92 valence electrons. The van der Waals surface area contributed by atoms with Gasteiger partial charge in [0.1, 0.15) is 0 Å². The number of hydrogen-bond acceptors (Lipinski definition) is 3. The Balaban J connectivity index is 1.71. The molecule has 2 atom stereocenters. The number of fused-ring (bicyclic) bond motifs is 3. The van der Waals surface area contributed by atoms with Crippen LogP contribution in [0.5, 0.6) is 0 Å². The minimum atomic E-state index is 0.683. The maximum absolute atomic E-state index is 4.57. The molecule has 3 nitrogen and oxygen atoms in total. The van der Waals surface area contributed by atoms with E-state index in [0.717, 1.165) is 18.1 Å². The number of likely N-dealkylation sites (tertiary alicyclic amines) is 1. The summed E-state index contributed by atoms with van der Waals surface area (Å²) in [4.78, 5) is 9.59. The minimum absolute atomic E-state index is 0.683. The zero-order valence-electron chi connectivity index (χ0n) is 10.6. The van der Waals surface area contributed by atoms with Crippen molar-refractivity contribution < 1.29 is 0 Å². The van der Waals surface area contributed by atoms with Crippen molar-refractivity contribution in [1.29, 1.82) is 0 Å². The lowest BCUT2D eigenvalue weighted by Crippen LogP contribution is -2.44. The first-order valence-electron chi connectivity index (χ1n) is 6.63. The Labute approximate surface area is 107 Å². The maximum atomic E-state index is 4.57. The summed E-state index contributed by atoms with van der Waals surface area (Å²) in [6, 6.07) is 12.0. The fraction of sp³-hybridized carbons (Fsp3) is 0.400. The van der Waals surface area contributed by atoms with Gasteiger partial charge < -0.3 is 4.90 Å². The third-order valence-electron chi connectivity index (χ3n) is 4.42. The van der Waals surface area contributed by atoms with Crippen molar-refractivity contribution in [2.45, 2.75) is 18.5 Å². The van der Waals surface area contributed by atoms with Gasteiger partial charge in [-0.1, -0.05) is 18.2 Å². The molecule has 0 spiro atoms. The predicted octanol–water partition coefficient (Wildman–Crippen LogP) is 2.13. The molecular formula is C15H17N3. The first-order valence-corrected chi connectivity index (χ1v) is 6.63. The Morgan fingerprint density at radius 2 is 2.06 bits per heavy atom. The van der Waals surface area contributed by atoms with Gasteiger partial charge >= 0.3 is 0 Å². The summed E-state index contributed by atoms with van der Waals surface area (Å²) in [7, 11) is 2.24. The van der Waals surface area contributed by atoms with E-state index < -0.39 is 0 Å². The predicted molar refractivity (Wildman–Crippen MR) is 73.9 cm³/mol. The molecular weight excluding hydrogens is 222 g/mol. The van der Waals surface area contributed by atoms with E-state index in [1.54, 1.807) is 0 Å².